The highest BCUT2D eigenvalue weighted by Gasteiger charge is 2.28. The third kappa shape index (κ3) is 5.82. The average Bonchev–Trinajstić information content (AvgIpc) is 2.98. The van der Waals surface area contributed by atoms with Crippen LogP contribution in [-0.4, -0.2) is 54.1 Å². The summed E-state index contributed by atoms with van der Waals surface area (Å²) in [7, 11) is 1.85. The maximum absolute atomic E-state index is 12.3. The van der Waals surface area contributed by atoms with Crippen LogP contribution in [0.4, 0.5) is 4.79 Å². The number of nitrogens with zero attached hydrogens (tertiary/aromatic N) is 2. The number of likely N-dealkylation sites (N-methyl/N-ethyl adjacent to an activating group) is 1. The Kier molecular flexibility index (Phi) is 6.27. The van der Waals surface area contributed by atoms with Gasteiger partial charge in [-0.1, -0.05) is 0 Å². The van der Waals surface area contributed by atoms with Crippen LogP contribution >= 0.6 is 11.3 Å². The van der Waals surface area contributed by atoms with Gasteiger partial charge in [-0.3, -0.25) is 4.79 Å². The standard InChI is InChI=1S/C18H28N2O3S/c1-18(2,3)23-17(22)20-8-5-6-15(12-20)11-19(4)16(21)10-14-7-9-24-13-14/h7,9,13,15H,5-6,8,10-12H2,1-4H3/t15-/m0/s1. The van der Waals surface area contributed by atoms with E-state index in [0.717, 1.165) is 24.9 Å². The van der Waals surface area contributed by atoms with Crippen LogP contribution in [0.1, 0.15) is 39.2 Å². The molecular formula is C18H28N2O3S. The highest BCUT2D eigenvalue weighted by atomic mass is 32.1. The highest BCUT2D eigenvalue weighted by Crippen LogP contribution is 2.20. The number of carbonyl (C=O) groups excluding carboxylic acids is 2. The Morgan fingerprint density at radius 3 is 2.79 bits per heavy atom. The summed E-state index contributed by atoms with van der Waals surface area (Å²) in [4.78, 5) is 28.1. The lowest BCUT2D eigenvalue weighted by Crippen LogP contribution is -2.46. The fraction of sp³-hybridized carbons (Fsp3) is 0.667. The monoisotopic (exact) mass is 352 g/mol. The van der Waals surface area contributed by atoms with Gasteiger partial charge in [-0.2, -0.15) is 11.3 Å². The molecule has 134 valence electrons. The third-order valence-corrected chi connectivity index (χ3v) is 4.80. The molecule has 5 nitrogen and oxygen atoms in total. The van der Waals surface area contributed by atoms with Gasteiger partial charge in [0, 0.05) is 26.7 Å². The molecule has 0 aliphatic carbocycles. The molecule has 1 aliphatic heterocycles. The summed E-state index contributed by atoms with van der Waals surface area (Å²) in [6, 6.07) is 1.99. The van der Waals surface area contributed by atoms with Gasteiger partial charge in [-0.05, 0) is 61.9 Å². The van der Waals surface area contributed by atoms with E-state index >= 15 is 0 Å². The Morgan fingerprint density at radius 1 is 1.42 bits per heavy atom. The Morgan fingerprint density at radius 2 is 2.17 bits per heavy atom. The van der Waals surface area contributed by atoms with Gasteiger partial charge >= 0.3 is 6.09 Å². The largest absolute Gasteiger partial charge is 0.444 e. The maximum atomic E-state index is 12.3. The van der Waals surface area contributed by atoms with Crippen LogP contribution in [0.2, 0.25) is 0 Å². The molecule has 2 rings (SSSR count). The fourth-order valence-electron chi connectivity index (χ4n) is 2.90. The number of hydrogen-bond acceptors (Lipinski definition) is 4. The van der Waals surface area contributed by atoms with E-state index in [4.69, 9.17) is 4.74 Å². The van der Waals surface area contributed by atoms with Crippen molar-refractivity contribution < 1.29 is 14.3 Å². The van der Waals surface area contributed by atoms with E-state index in [1.165, 1.54) is 0 Å². The number of piperidine rings is 1. The van der Waals surface area contributed by atoms with Crippen molar-refractivity contribution in [3.63, 3.8) is 0 Å². The zero-order valence-corrected chi connectivity index (χ0v) is 15.9. The molecule has 0 radical (unpaired) electrons. The average molecular weight is 353 g/mol. The number of ether oxygens (including phenoxy) is 1. The van der Waals surface area contributed by atoms with Crippen LogP contribution in [0.25, 0.3) is 0 Å². The molecule has 2 heterocycles. The lowest BCUT2D eigenvalue weighted by molar-refractivity contribution is -0.129. The van der Waals surface area contributed by atoms with Gasteiger partial charge < -0.3 is 14.5 Å². The molecule has 1 atom stereocenters. The van der Waals surface area contributed by atoms with Crippen LogP contribution < -0.4 is 0 Å². The van der Waals surface area contributed by atoms with Crippen LogP contribution in [0.5, 0.6) is 0 Å². The highest BCUT2D eigenvalue weighted by molar-refractivity contribution is 7.07. The van der Waals surface area contributed by atoms with E-state index in [2.05, 4.69) is 0 Å². The summed E-state index contributed by atoms with van der Waals surface area (Å²) in [5.41, 5.74) is 0.591. The van der Waals surface area contributed by atoms with Gasteiger partial charge in [-0.15, -0.1) is 0 Å². The number of thiophene rings is 1. The molecule has 0 aromatic carbocycles. The van der Waals surface area contributed by atoms with Gasteiger partial charge in [0.1, 0.15) is 5.60 Å². The van der Waals surface area contributed by atoms with Crippen molar-refractivity contribution in [1.29, 1.82) is 0 Å². The number of rotatable bonds is 4. The van der Waals surface area contributed by atoms with Crippen molar-refractivity contribution in [3.05, 3.63) is 22.4 Å². The van der Waals surface area contributed by atoms with E-state index in [9.17, 15) is 9.59 Å². The predicted octanol–water partition coefficient (Wildman–Crippen LogP) is 3.40. The van der Waals surface area contributed by atoms with E-state index in [-0.39, 0.29) is 12.0 Å². The molecule has 0 unspecified atom stereocenters. The minimum atomic E-state index is -0.475. The van der Waals surface area contributed by atoms with Crippen LogP contribution in [0, 0.1) is 5.92 Å². The van der Waals surface area contributed by atoms with E-state index in [0.29, 0.717) is 25.4 Å². The summed E-state index contributed by atoms with van der Waals surface area (Å²) in [5, 5.41) is 4.00. The van der Waals surface area contributed by atoms with Gasteiger partial charge in [0.05, 0.1) is 6.42 Å². The molecule has 0 bridgehead atoms. The van der Waals surface area contributed by atoms with E-state index in [1.54, 1.807) is 21.1 Å². The first-order chi connectivity index (χ1) is 11.2. The zero-order chi connectivity index (χ0) is 17.7. The normalized spacial score (nSPS) is 18.3. The number of hydrogen-bond donors (Lipinski definition) is 0. The second-order valence-corrected chi connectivity index (χ2v) is 8.30. The molecule has 0 spiro atoms. The summed E-state index contributed by atoms with van der Waals surface area (Å²) >= 11 is 1.61. The Labute approximate surface area is 148 Å². The van der Waals surface area contributed by atoms with Gasteiger partial charge in [0.25, 0.3) is 0 Å². The topological polar surface area (TPSA) is 49.9 Å². The molecule has 1 aromatic rings. The quantitative estimate of drug-likeness (QED) is 0.834. The van der Waals surface area contributed by atoms with Crippen molar-refractivity contribution in [2.24, 2.45) is 5.92 Å². The lowest BCUT2D eigenvalue weighted by atomic mass is 9.97. The molecule has 1 saturated heterocycles. The molecule has 1 fully saturated rings. The zero-order valence-electron chi connectivity index (χ0n) is 15.1. The first-order valence-corrected chi connectivity index (χ1v) is 9.42. The molecular weight excluding hydrogens is 324 g/mol. The number of carbonyl (C=O) groups is 2. The summed E-state index contributed by atoms with van der Waals surface area (Å²) in [6.45, 7) is 7.71. The van der Waals surface area contributed by atoms with Crippen LogP contribution in [0.3, 0.4) is 0 Å². The summed E-state index contributed by atoms with van der Waals surface area (Å²) in [5.74, 6) is 0.436. The summed E-state index contributed by atoms with van der Waals surface area (Å²) < 4.78 is 5.46. The van der Waals surface area contributed by atoms with Crippen molar-refractivity contribution >= 4 is 23.3 Å². The minimum Gasteiger partial charge on any atom is -0.444 e. The SMILES string of the molecule is CN(C[C@@H]1CCCN(C(=O)OC(C)(C)C)C1)C(=O)Cc1ccsc1. The molecule has 6 heteroatoms. The van der Waals surface area contributed by atoms with Crippen molar-refractivity contribution in [1.82, 2.24) is 9.80 Å². The molecule has 1 aromatic heterocycles. The van der Waals surface area contributed by atoms with Gasteiger partial charge in [-0.25, -0.2) is 4.79 Å². The van der Waals surface area contributed by atoms with Crippen molar-refractivity contribution in [3.8, 4) is 0 Å². The van der Waals surface area contributed by atoms with E-state index in [1.807, 2.05) is 44.6 Å². The molecule has 24 heavy (non-hydrogen) atoms. The summed E-state index contributed by atoms with van der Waals surface area (Å²) in [6.07, 6.45) is 2.19. The maximum Gasteiger partial charge on any atom is 0.410 e. The second-order valence-electron chi connectivity index (χ2n) is 7.52. The Balaban J connectivity index is 1.83. The number of likely N-dealkylation sites (tertiary alicyclic amines) is 1. The first-order valence-electron chi connectivity index (χ1n) is 8.47. The second kappa shape index (κ2) is 8.01. The van der Waals surface area contributed by atoms with Gasteiger partial charge in [0.2, 0.25) is 5.91 Å². The van der Waals surface area contributed by atoms with Gasteiger partial charge in [0.15, 0.2) is 0 Å². The Hall–Kier alpha value is -1.56. The number of amides is 2. The van der Waals surface area contributed by atoms with Crippen LogP contribution in [0.15, 0.2) is 16.8 Å². The molecule has 0 N–H and O–H groups in total. The smallest absolute Gasteiger partial charge is 0.410 e. The Bertz CT molecular complexity index is 551. The van der Waals surface area contributed by atoms with Crippen LogP contribution in [-0.2, 0) is 16.0 Å². The minimum absolute atomic E-state index is 0.128. The predicted molar refractivity (Wildman–Crippen MR) is 96.2 cm³/mol. The van der Waals surface area contributed by atoms with Crippen molar-refractivity contribution in [2.45, 2.75) is 45.6 Å². The van der Waals surface area contributed by atoms with E-state index < -0.39 is 5.60 Å². The fourth-order valence-corrected chi connectivity index (χ4v) is 3.57. The molecule has 1 aliphatic rings. The first kappa shape index (κ1) is 18.8. The molecule has 0 saturated carbocycles. The lowest BCUT2D eigenvalue weighted by Gasteiger charge is -2.35. The molecule has 2 amide bonds. The van der Waals surface area contributed by atoms with Crippen molar-refractivity contribution in [2.75, 3.05) is 26.7 Å². The third-order valence-electron chi connectivity index (χ3n) is 4.06.